The standard InChI is InChI=1S/C16H23N5/c1-12(2)10-17-15-9-16(19-11-18-15)20-13-5-7-14(8-6-13)21(3)4/h5-9,11-12H,10H2,1-4H3,(H2,17,18,19,20). The Morgan fingerprint density at radius 3 is 2.33 bits per heavy atom. The van der Waals surface area contributed by atoms with Crippen molar-refractivity contribution >= 4 is 23.0 Å². The number of hydrogen-bond acceptors (Lipinski definition) is 5. The highest BCUT2D eigenvalue weighted by molar-refractivity contribution is 5.62. The maximum absolute atomic E-state index is 4.25. The van der Waals surface area contributed by atoms with Crippen molar-refractivity contribution in [3.05, 3.63) is 36.7 Å². The third-order valence-corrected chi connectivity index (χ3v) is 3.01. The first kappa shape index (κ1) is 15.1. The fourth-order valence-electron chi connectivity index (χ4n) is 1.82. The molecule has 5 heteroatoms. The molecule has 1 aromatic heterocycles. The summed E-state index contributed by atoms with van der Waals surface area (Å²) in [5.74, 6) is 2.20. The molecule has 2 aromatic rings. The van der Waals surface area contributed by atoms with Gasteiger partial charge in [0, 0.05) is 38.1 Å². The molecule has 0 aliphatic rings. The lowest BCUT2D eigenvalue weighted by atomic mass is 10.2. The van der Waals surface area contributed by atoms with E-state index in [-0.39, 0.29) is 0 Å². The van der Waals surface area contributed by atoms with Crippen LogP contribution in [0.15, 0.2) is 36.7 Å². The van der Waals surface area contributed by atoms with E-state index >= 15 is 0 Å². The van der Waals surface area contributed by atoms with E-state index in [2.05, 4.69) is 51.5 Å². The van der Waals surface area contributed by atoms with Crippen LogP contribution >= 0.6 is 0 Å². The van der Waals surface area contributed by atoms with Crippen molar-refractivity contribution in [1.82, 2.24) is 9.97 Å². The minimum Gasteiger partial charge on any atom is -0.378 e. The van der Waals surface area contributed by atoms with Gasteiger partial charge in [-0.15, -0.1) is 0 Å². The summed E-state index contributed by atoms with van der Waals surface area (Å²) < 4.78 is 0. The summed E-state index contributed by atoms with van der Waals surface area (Å²) in [5, 5.41) is 6.58. The van der Waals surface area contributed by atoms with Crippen LogP contribution in [-0.4, -0.2) is 30.6 Å². The summed E-state index contributed by atoms with van der Waals surface area (Å²) in [7, 11) is 4.05. The van der Waals surface area contributed by atoms with Crippen molar-refractivity contribution in [2.24, 2.45) is 5.92 Å². The Hall–Kier alpha value is -2.30. The van der Waals surface area contributed by atoms with Gasteiger partial charge in [0.15, 0.2) is 0 Å². The maximum atomic E-state index is 4.25. The molecule has 0 saturated carbocycles. The monoisotopic (exact) mass is 285 g/mol. The largest absolute Gasteiger partial charge is 0.378 e. The fourth-order valence-corrected chi connectivity index (χ4v) is 1.82. The summed E-state index contributed by atoms with van der Waals surface area (Å²) in [5.41, 5.74) is 2.18. The third kappa shape index (κ3) is 4.63. The van der Waals surface area contributed by atoms with Gasteiger partial charge >= 0.3 is 0 Å². The van der Waals surface area contributed by atoms with Crippen LogP contribution in [0.1, 0.15) is 13.8 Å². The van der Waals surface area contributed by atoms with Gasteiger partial charge in [-0.25, -0.2) is 9.97 Å². The molecule has 0 unspecified atom stereocenters. The van der Waals surface area contributed by atoms with Crippen molar-refractivity contribution in [2.45, 2.75) is 13.8 Å². The van der Waals surface area contributed by atoms with Crippen molar-refractivity contribution in [3.63, 3.8) is 0 Å². The Kier molecular flexibility index (Phi) is 4.98. The Labute approximate surface area is 126 Å². The van der Waals surface area contributed by atoms with E-state index in [0.717, 1.165) is 23.9 Å². The van der Waals surface area contributed by atoms with Gasteiger partial charge < -0.3 is 15.5 Å². The number of rotatable bonds is 6. The molecule has 2 N–H and O–H groups in total. The summed E-state index contributed by atoms with van der Waals surface area (Å²) in [6.07, 6.45) is 1.57. The van der Waals surface area contributed by atoms with Crippen molar-refractivity contribution in [1.29, 1.82) is 0 Å². The molecule has 0 aliphatic heterocycles. The summed E-state index contributed by atoms with van der Waals surface area (Å²) in [6.45, 7) is 5.23. The van der Waals surface area contributed by atoms with E-state index in [4.69, 9.17) is 0 Å². The Morgan fingerprint density at radius 2 is 1.71 bits per heavy atom. The van der Waals surface area contributed by atoms with Crippen LogP contribution in [0.5, 0.6) is 0 Å². The molecule has 0 saturated heterocycles. The lowest BCUT2D eigenvalue weighted by Gasteiger charge is -2.13. The van der Waals surface area contributed by atoms with Gasteiger partial charge in [-0.05, 0) is 30.2 Å². The molecular weight excluding hydrogens is 262 g/mol. The average Bonchev–Trinajstić information content (AvgIpc) is 2.46. The van der Waals surface area contributed by atoms with E-state index < -0.39 is 0 Å². The van der Waals surface area contributed by atoms with Crippen LogP contribution in [0.2, 0.25) is 0 Å². The highest BCUT2D eigenvalue weighted by atomic mass is 15.1. The molecule has 2 rings (SSSR count). The maximum Gasteiger partial charge on any atom is 0.135 e. The summed E-state index contributed by atoms with van der Waals surface area (Å²) in [4.78, 5) is 10.5. The van der Waals surface area contributed by atoms with E-state index in [9.17, 15) is 0 Å². The van der Waals surface area contributed by atoms with E-state index in [1.54, 1.807) is 6.33 Å². The van der Waals surface area contributed by atoms with Crippen LogP contribution in [0.4, 0.5) is 23.0 Å². The molecule has 21 heavy (non-hydrogen) atoms. The molecule has 5 nitrogen and oxygen atoms in total. The van der Waals surface area contributed by atoms with Crippen molar-refractivity contribution < 1.29 is 0 Å². The molecule has 0 spiro atoms. The predicted octanol–water partition coefficient (Wildman–Crippen LogP) is 3.35. The molecule has 0 atom stereocenters. The van der Waals surface area contributed by atoms with Gasteiger partial charge in [0.25, 0.3) is 0 Å². The zero-order valence-electron chi connectivity index (χ0n) is 13.1. The van der Waals surface area contributed by atoms with E-state index in [1.807, 2.05) is 32.3 Å². The predicted molar refractivity (Wildman–Crippen MR) is 89.4 cm³/mol. The number of nitrogens with one attached hydrogen (secondary N) is 2. The Morgan fingerprint density at radius 1 is 1.05 bits per heavy atom. The van der Waals surface area contributed by atoms with Crippen LogP contribution in [0.3, 0.4) is 0 Å². The van der Waals surface area contributed by atoms with Gasteiger partial charge in [0.05, 0.1) is 0 Å². The normalized spacial score (nSPS) is 10.5. The quantitative estimate of drug-likeness (QED) is 0.852. The topological polar surface area (TPSA) is 53.1 Å². The second-order valence-electron chi connectivity index (χ2n) is 5.63. The van der Waals surface area contributed by atoms with Crippen LogP contribution < -0.4 is 15.5 Å². The second-order valence-corrected chi connectivity index (χ2v) is 5.63. The van der Waals surface area contributed by atoms with Crippen LogP contribution in [0, 0.1) is 5.92 Å². The zero-order valence-corrected chi connectivity index (χ0v) is 13.1. The molecule has 0 amide bonds. The highest BCUT2D eigenvalue weighted by Gasteiger charge is 2.01. The number of anilines is 4. The molecule has 1 aromatic carbocycles. The lowest BCUT2D eigenvalue weighted by Crippen LogP contribution is -2.09. The number of benzene rings is 1. The zero-order chi connectivity index (χ0) is 15.2. The summed E-state index contributed by atoms with van der Waals surface area (Å²) in [6, 6.07) is 10.1. The molecule has 0 fully saturated rings. The average molecular weight is 285 g/mol. The molecule has 0 radical (unpaired) electrons. The first-order valence-corrected chi connectivity index (χ1v) is 7.15. The van der Waals surface area contributed by atoms with Gasteiger partial charge in [-0.1, -0.05) is 13.8 Å². The van der Waals surface area contributed by atoms with Gasteiger partial charge in [0.1, 0.15) is 18.0 Å². The molecule has 112 valence electrons. The van der Waals surface area contributed by atoms with Crippen LogP contribution in [0.25, 0.3) is 0 Å². The van der Waals surface area contributed by atoms with Crippen LogP contribution in [-0.2, 0) is 0 Å². The molecule has 0 aliphatic carbocycles. The SMILES string of the molecule is CC(C)CNc1cc(Nc2ccc(N(C)C)cc2)ncn1. The third-order valence-electron chi connectivity index (χ3n) is 3.01. The van der Waals surface area contributed by atoms with Gasteiger partial charge in [0.2, 0.25) is 0 Å². The van der Waals surface area contributed by atoms with Crippen molar-refractivity contribution in [2.75, 3.05) is 36.2 Å². The minimum atomic E-state index is 0.579. The van der Waals surface area contributed by atoms with E-state index in [1.165, 1.54) is 5.69 Å². The Balaban J connectivity index is 2.03. The summed E-state index contributed by atoms with van der Waals surface area (Å²) >= 11 is 0. The first-order valence-electron chi connectivity index (χ1n) is 7.15. The fraction of sp³-hybridized carbons (Fsp3) is 0.375. The molecule has 1 heterocycles. The van der Waals surface area contributed by atoms with E-state index in [0.29, 0.717) is 5.92 Å². The smallest absolute Gasteiger partial charge is 0.135 e. The minimum absolute atomic E-state index is 0.579. The van der Waals surface area contributed by atoms with Gasteiger partial charge in [-0.2, -0.15) is 0 Å². The molecular formula is C16H23N5. The lowest BCUT2D eigenvalue weighted by molar-refractivity contribution is 0.687. The van der Waals surface area contributed by atoms with Crippen molar-refractivity contribution in [3.8, 4) is 0 Å². The number of nitrogens with zero attached hydrogens (tertiary/aromatic N) is 3. The second kappa shape index (κ2) is 6.92. The molecule has 0 bridgehead atoms. The van der Waals surface area contributed by atoms with Gasteiger partial charge in [-0.3, -0.25) is 0 Å². The first-order chi connectivity index (χ1) is 10.0. The highest BCUT2D eigenvalue weighted by Crippen LogP contribution is 2.19. The number of aromatic nitrogens is 2. The number of hydrogen-bond donors (Lipinski definition) is 2. The Bertz CT molecular complexity index is 563.